The quantitative estimate of drug-likeness (QED) is 0.544. The minimum atomic E-state index is -4.83. The van der Waals surface area contributed by atoms with E-state index < -0.39 is 12.0 Å². The average Bonchev–Trinajstić information content (AvgIpc) is 2.36. The second kappa shape index (κ2) is 2.47. The molecule has 0 aliphatic heterocycles. The zero-order valence-corrected chi connectivity index (χ0v) is 6.74. The Bertz CT molecular complexity index is 212. The monoisotopic (exact) mass is 181 g/mol. The van der Waals surface area contributed by atoms with Crippen molar-refractivity contribution in [2.24, 2.45) is 11.3 Å². The molecule has 1 atom stereocenters. The Morgan fingerprint density at radius 2 is 1.83 bits per heavy atom. The van der Waals surface area contributed by atoms with E-state index in [0.717, 1.165) is 0 Å². The fourth-order valence-corrected chi connectivity index (χ4v) is 0.930. The van der Waals surface area contributed by atoms with E-state index in [9.17, 15) is 17.6 Å². The van der Waals surface area contributed by atoms with E-state index in [0.29, 0.717) is 6.08 Å². The van der Waals surface area contributed by atoms with E-state index in [1.165, 1.54) is 0 Å². The zero-order chi connectivity index (χ0) is 9.57. The topological polar surface area (TPSA) is 0 Å². The Labute approximate surface area is 68.3 Å². The van der Waals surface area contributed by atoms with E-state index in [1.54, 1.807) is 20.3 Å². The van der Waals surface area contributed by atoms with E-state index in [2.05, 4.69) is 0 Å². The van der Waals surface area contributed by atoms with Gasteiger partial charge in [0.05, 0.1) is 0 Å². The van der Waals surface area contributed by atoms with Gasteiger partial charge in [0.1, 0.15) is 0 Å². The molecule has 0 heterocycles. The number of rotatable bonds is 1. The Hall–Kier alpha value is -0.540. The van der Waals surface area contributed by atoms with Gasteiger partial charge in [0.2, 0.25) is 0 Å². The Balaban J connectivity index is 2.60. The first-order valence-corrected chi connectivity index (χ1v) is 3.54. The summed E-state index contributed by atoms with van der Waals surface area (Å²) in [6.45, 7) is 3.52. The van der Waals surface area contributed by atoms with Crippen molar-refractivity contribution in [2.45, 2.75) is 20.0 Å². The molecule has 0 spiro atoms. The van der Waals surface area contributed by atoms with Gasteiger partial charge in [0, 0.05) is 0 Å². The summed E-state index contributed by atoms with van der Waals surface area (Å²) in [6.07, 6.45) is -2.54. The van der Waals surface area contributed by atoms with Crippen molar-refractivity contribution in [1.82, 2.24) is 0 Å². The number of allylic oxidation sites excluding steroid dienone is 2. The van der Waals surface area contributed by atoms with Gasteiger partial charge >= 0.3 is 6.18 Å². The van der Waals surface area contributed by atoms with Crippen molar-refractivity contribution in [2.75, 3.05) is 0 Å². The maximum Gasteiger partial charge on any atom is 0.442 e. The highest BCUT2D eigenvalue weighted by molar-refractivity contribution is 5.24. The molecule has 0 bridgehead atoms. The summed E-state index contributed by atoms with van der Waals surface area (Å²) in [5.74, 6) is -2.37. The van der Waals surface area contributed by atoms with Crippen LogP contribution in [0.2, 0.25) is 0 Å². The molecule has 69 valence electrons. The van der Waals surface area contributed by atoms with Gasteiger partial charge in [-0.05, 0) is 23.8 Å². The molecule has 1 unspecified atom stereocenters. The maximum atomic E-state index is 12.3. The molecule has 4 heteroatoms. The van der Waals surface area contributed by atoms with Crippen molar-refractivity contribution in [3.05, 3.63) is 18.3 Å². The van der Waals surface area contributed by atoms with Crippen LogP contribution in [-0.2, 0) is 0 Å². The van der Waals surface area contributed by atoms with Crippen LogP contribution in [0.4, 0.5) is 17.6 Å². The number of alkyl halides is 3. The zero-order valence-electron chi connectivity index (χ0n) is 6.74. The minimum Gasteiger partial charge on any atom is -0.202 e. The van der Waals surface area contributed by atoms with Crippen molar-refractivity contribution in [3.63, 3.8) is 0 Å². The van der Waals surface area contributed by atoms with Gasteiger partial charge in [-0.15, -0.1) is 0 Å². The maximum absolute atomic E-state index is 12.3. The summed E-state index contributed by atoms with van der Waals surface area (Å²) in [7, 11) is 0. The van der Waals surface area contributed by atoms with Crippen LogP contribution in [0.25, 0.3) is 0 Å². The van der Waals surface area contributed by atoms with E-state index in [-0.39, 0.29) is 11.3 Å². The largest absolute Gasteiger partial charge is 0.442 e. The Morgan fingerprint density at radius 1 is 1.42 bits per heavy atom. The highest BCUT2D eigenvalue weighted by Crippen LogP contribution is 2.52. The Morgan fingerprint density at radius 3 is 2.08 bits per heavy atom. The fraction of sp³-hybridized carbons (Fsp3) is 0.625. The third-order valence-corrected chi connectivity index (χ3v) is 1.96. The molecule has 12 heavy (non-hydrogen) atoms. The Kier molecular flexibility index (Phi) is 1.97. The molecule has 1 aliphatic rings. The van der Waals surface area contributed by atoms with Crippen molar-refractivity contribution < 1.29 is 17.6 Å². The highest BCUT2D eigenvalue weighted by Gasteiger charge is 2.47. The molecule has 0 saturated heterocycles. The molecular weight excluding hydrogens is 172 g/mol. The molecule has 0 amide bonds. The second-order valence-corrected chi connectivity index (χ2v) is 3.53. The fourth-order valence-electron chi connectivity index (χ4n) is 0.930. The first-order chi connectivity index (χ1) is 5.23. The first kappa shape index (κ1) is 9.55. The summed E-state index contributed by atoms with van der Waals surface area (Å²) in [4.78, 5) is 0. The van der Waals surface area contributed by atoms with Crippen LogP contribution >= 0.6 is 0 Å². The summed E-state index contributed by atoms with van der Waals surface area (Å²) in [6, 6.07) is 0. The van der Waals surface area contributed by atoms with Crippen molar-refractivity contribution in [3.8, 4) is 0 Å². The SMILES string of the molecule is CC1(C)[CH]C1C=C(F)C(F)(F)F. The molecule has 0 aromatic carbocycles. The van der Waals surface area contributed by atoms with Crippen molar-refractivity contribution in [1.29, 1.82) is 0 Å². The summed E-state index contributed by atoms with van der Waals surface area (Å²) >= 11 is 0. The number of hydrogen-bond acceptors (Lipinski definition) is 0. The van der Waals surface area contributed by atoms with Gasteiger partial charge < -0.3 is 0 Å². The summed E-state index contributed by atoms with van der Waals surface area (Å²) in [5, 5.41) is 0. The standard InChI is InChI=1S/C8H9F4/c1-7(2)4-5(7)3-6(9)8(10,11)12/h3-5H,1-2H3. The predicted molar refractivity (Wildman–Crippen MR) is 36.8 cm³/mol. The molecule has 0 aromatic heterocycles. The highest BCUT2D eigenvalue weighted by atomic mass is 19.4. The smallest absolute Gasteiger partial charge is 0.202 e. The van der Waals surface area contributed by atoms with Crippen molar-refractivity contribution >= 4 is 0 Å². The van der Waals surface area contributed by atoms with Gasteiger partial charge in [-0.3, -0.25) is 0 Å². The van der Waals surface area contributed by atoms with E-state index >= 15 is 0 Å². The van der Waals surface area contributed by atoms with Crippen LogP contribution < -0.4 is 0 Å². The lowest BCUT2D eigenvalue weighted by molar-refractivity contribution is -0.109. The van der Waals surface area contributed by atoms with Gasteiger partial charge in [-0.2, -0.15) is 13.2 Å². The molecule has 1 aliphatic carbocycles. The number of halogens is 4. The summed E-state index contributed by atoms with van der Waals surface area (Å²) in [5.41, 5.74) is -0.275. The molecule has 1 rings (SSSR count). The molecule has 0 nitrogen and oxygen atoms in total. The van der Waals surface area contributed by atoms with Gasteiger partial charge in [0.25, 0.3) is 0 Å². The van der Waals surface area contributed by atoms with Crippen LogP contribution in [0.1, 0.15) is 13.8 Å². The predicted octanol–water partition coefficient (Wildman–Crippen LogP) is 3.26. The van der Waals surface area contributed by atoms with E-state index in [4.69, 9.17) is 0 Å². The molecule has 1 fully saturated rings. The molecule has 0 aromatic rings. The molecular formula is C8H9F4. The minimum absolute atomic E-state index is 0.275. The van der Waals surface area contributed by atoms with Crippen LogP contribution in [0.15, 0.2) is 11.9 Å². The molecule has 1 saturated carbocycles. The van der Waals surface area contributed by atoms with E-state index in [1.807, 2.05) is 0 Å². The summed E-state index contributed by atoms with van der Waals surface area (Å²) < 4.78 is 47.2. The number of hydrogen-bond donors (Lipinski definition) is 0. The first-order valence-electron chi connectivity index (χ1n) is 3.54. The normalized spacial score (nSPS) is 28.8. The second-order valence-electron chi connectivity index (χ2n) is 3.53. The lowest BCUT2D eigenvalue weighted by atomic mass is 10.1. The average molecular weight is 181 g/mol. The van der Waals surface area contributed by atoms with Gasteiger partial charge in [0.15, 0.2) is 5.83 Å². The third kappa shape index (κ3) is 1.99. The molecule has 0 N–H and O–H groups in total. The van der Waals surface area contributed by atoms with Gasteiger partial charge in [-0.1, -0.05) is 13.8 Å². The van der Waals surface area contributed by atoms with Crippen LogP contribution in [-0.4, -0.2) is 6.18 Å². The van der Waals surface area contributed by atoms with Crippen LogP contribution in [0.5, 0.6) is 0 Å². The lowest BCUT2D eigenvalue weighted by Gasteiger charge is -2.02. The van der Waals surface area contributed by atoms with Gasteiger partial charge in [-0.25, -0.2) is 4.39 Å². The van der Waals surface area contributed by atoms with Crippen LogP contribution in [0, 0.1) is 17.8 Å². The third-order valence-electron chi connectivity index (χ3n) is 1.96. The lowest BCUT2D eigenvalue weighted by Crippen LogP contribution is -2.08. The van der Waals surface area contributed by atoms with Crippen LogP contribution in [0.3, 0.4) is 0 Å². The molecule has 1 radical (unpaired) electrons.